The highest BCUT2D eigenvalue weighted by Gasteiger charge is 2.72. The van der Waals surface area contributed by atoms with E-state index in [0.29, 0.717) is 13.2 Å². The first kappa shape index (κ1) is 18.6. The Hall–Kier alpha value is -1.23. The Balaban J connectivity index is 1.64. The standard InChI is InChI=1S/C21H30O4/c1-15(13-25-14-16-7-5-4-6-8-16)20(9-10-20)21(11-12-21)17(22)19(2,3)18(23)24/h4-8,15,18,23-24H,9-14H2,1-3H3/t15-/m0/s1. The molecule has 4 heteroatoms. The van der Waals surface area contributed by atoms with E-state index in [1.807, 2.05) is 18.2 Å². The largest absolute Gasteiger partial charge is 0.376 e. The van der Waals surface area contributed by atoms with E-state index in [9.17, 15) is 15.0 Å². The summed E-state index contributed by atoms with van der Waals surface area (Å²) in [5.41, 5.74) is -0.361. The Morgan fingerprint density at radius 1 is 1.16 bits per heavy atom. The van der Waals surface area contributed by atoms with Crippen LogP contribution in [0.5, 0.6) is 0 Å². The fourth-order valence-corrected chi connectivity index (χ4v) is 4.48. The van der Waals surface area contributed by atoms with Crippen molar-refractivity contribution >= 4 is 5.78 Å². The van der Waals surface area contributed by atoms with Crippen LogP contribution in [-0.2, 0) is 16.1 Å². The molecule has 2 fully saturated rings. The highest BCUT2D eigenvalue weighted by Crippen LogP contribution is 2.75. The lowest BCUT2D eigenvalue weighted by atomic mass is 9.67. The SMILES string of the molecule is C[C@@H](COCc1ccccc1)C1(C2(C(=O)C(C)(C)C(O)O)CC2)CC1. The summed E-state index contributed by atoms with van der Waals surface area (Å²) in [6.45, 7) is 6.68. The third kappa shape index (κ3) is 3.16. The Morgan fingerprint density at radius 2 is 1.76 bits per heavy atom. The second-order valence-corrected chi connectivity index (χ2v) is 8.56. The number of benzene rings is 1. The molecule has 0 bridgehead atoms. The van der Waals surface area contributed by atoms with E-state index in [1.165, 1.54) is 0 Å². The van der Waals surface area contributed by atoms with Crippen molar-refractivity contribution in [2.24, 2.45) is 22.2 Å². The zero-order valence-corrected chi connectivity index (χ0v) is 15.5. The van der Waals surface area contributed by atoms with Crippen molar-refractivity contribution in [3.05, 3.63) is 35.9 Å². The third-order valence-electron chi connectivity index (χ3n) is 6.58. The first-order valence-electron chi connectivity index (χ1n) is 9.29. The van der Waals surface area contributed by atoms with Crippen molar-refractivity contribution in [3.8, 4) is 0 Å². The van der Waals surface area contributed by atoms with Gasteiger partial charge in [0, 0.05) is 5.41 Å². The smallest absolute Gasteiger partial charge is 0.163 e. The van der Waals surface area contributed by atoms with Gasteiger partial charge in [-0.05, 0) is 56.4 Å². The molecule has 0 saturated heterocycles. The van der Waals surface area contributed by atoms with Crippen molar-refractivity contribution < 1.29 is 19.7 Å². The number of carbonyl (C=O) groups excluding carboxylic acids is 1. The zero-order valence-electron chi connectivity index (χ0n) is 15.5. The highest BCUT2D eigenvalue weighted by atomic mass is 16.5. The van der Waals surface area contributed by atoms with Crippen LogP contribution < -0.4 is 0 Å². The number of aliphatic hydroxyl groups excluding tert-OH is 1. The number of hydrogen-bond acceptors (Lipinski definition) is 4. The first-order chi connectivity index (χ1) is 11.8. The molecule has 2 aliphatic rings. The summed E-state index contributed by atoms with van der Waals surface area (Å²) in [6, 6.07) is 10.1. The van der Waals surface area contributed by atoms with Gasteiger partial charge in [-0.3, -0.25) is 4.79 Å². The number of aliphatic hydroxyl groups is 2. The predicted octanol–water partition coefficient (Wildman–Crippen LogP) is 3.31. The molecule has 0 aromatic heterocycles. The summed E-state index contributed by atoms with van der Waals surface area (Å²) in [5.74, 6) is 0.303. The number of ketones is 1. The maximum atomic E-state index is 13.1. The molecule has 0 radical (unpaired) electrons. The molecule has 0 heterocycles. The van der Waals surface area contributed by atoms with Crippen molar-refractivity contribution in [2.75, 3.05) is 6.61 Å². The van der Waals surface area contributed by atoms with E-state index < -0.39 is 11.7 Å². The van der Waals surface area contributed by atoms with Crippen molar-refractivity contribution in [1.82, 2.24) is 0 Å². The van der Waals surface area contributed by atoms with Crippen LogP contribution in [0.3, 0.4) is 0 Å². The number of hydrogen-bond donors (Lipinski definition) is 2. The van der Waals surface area contributed by atoms with E-state index >= 15 is 0 Å². The Kier molecular flexibility index (Phi) is 4.82. The van der Waals surface area contributed by atoms with Crippen LogP contribution in [0.15, 0.2) is 30.3 Å². The lowest BCUT2D eigenvalue weighted by molar-refractivity contribution is -0.164. The fraction of sp³-hybridized carbons (Fsp3) is 0.667. The third-order valence-corrected chi connectivity index (χ3v) is 6.58. The monoisotopic (exact) mass is 346 g/mol. The molecule has 2 N–H and O–H groups in total. The summed E-state index contributed by atoms with van der Waals surface area (Å²) in [7, 11) is 0. The lowest BCUT2D eigenvalue weighted by Crippen LogP contribution is -2.46. The van der Waals surface area contributed by atoms with Gasteiger partial charge in [-0.25, -0.2) is 0 Å². The number of carbonyl (C=O) groups is 1. The Morgan fingerprint density at radius 3 is 2.24 bits per heavy atom. The van der Waals surface area contributed by atoms with Gasteiger partial charge in [0.2, 0.25) is 0 Å². The molecule has 0 aliphatic heterocycles. The second kappa shape index (κ2) is 6.49. The van der Waals surface area contributed by atoms with Crippen molar-refractivity contribution in [3.63, 3.8) is 0 Å². The average molecular weight is 346 g/mol. The Labute approximate surface area is 150 Å². The molecule has 4 nitrogen and oxygen atoms in total. The summed E-state index contributed by atoms with van der Waals surface area (Å²) >= 11 is 0. The van der Waals surface area contributed by atoms with E-state index in [4.69, 9.17) is 4.74 Å². The minimum absolute atomic E-state index is 0.0161. The molecule has 3 rings (SSSR count). The lowest BCUT2D eigenvalue weighted by Gasteiger charge is -2.37. The molecule has 2 saturated carbocycles. The van der Waals surface area contributed by atoms with Crippen LogP contribution in [0, 0.1) is 22.2 Å². The van der Waals surface area contributed by atoms with Gasteiger partial charge in [0.15, 0.2) is 6.29 Å². The number of rotatable bonds is 9. The average Bonchev–Trinajstić information content (AvgIpc) is 3.47. The second-order valence-electron chi connectivity index (χ2n) is 8.56. The van der Waals surface area contributed by atoms with Gasteiger partial charge in [-0.2, -0.15) is 0 Å². The van der Waals surface area contributed by atoms with E-state index in [2.05, 4.69) is 19.1 Å². The predicted molar refractivity (Wildman–Crippen MR) is 95.6 cm³/mol. The summed E-state index contributed by atoms with van der Waals surface area (Å²) in [6.07, 6.45) is 2.19. The van der Waals surface area contributed by atoms with Gasteiger partial charge in [-0.1, -0.05) is 37.3 Å². The van der Waals surface area contributed by atoms with Crippen LogP contribution in [0.25, 0.3) is 0 Å². The maximum absolute atomic E-state index is 13.1. The minimum Gasteiger partial charge on any atom is -0.376 e. The molecule has 1 aromatic carbocycles. The van der Waals surface area contributed by atoms with E-state index in [1.54, 1.807) is 13.8 Å². The van der Waals surface area contributed by atoms with Gasteiger partial charge in [0.1, 0.15) is 5.78 Å². The molecule has 1 atom stereocenters. The molecule has 25 heavy (non-hydrogen) atoms. The topological polar surface area (TPSA) is 66.8 Å². The summed E-state index contributed by atoms with van der Waals surface area (Å²) < 4.78 is 5.93. The maximum Gasteiger partial charge on any atom is 0.163 e. The van der Waals surface area contributed by atoms with Crippen molar-refractivity contribution in [2.45, 2.75) is 59.4 Å². The van der Waals surface area contributed by atoms with Gasteiger partial charge in [-0.15, -0.1) is 0 Å². The van der Waals surface area contributed by atoms with Gasteiger partial charge in [0.25, 0.3) is 0 Å². The summed E-state index contributed by atoms with van der Waals surface area (Å²) in [5, 5.41) is 19.3. The molecular weight excluding hydrogens is 316 g/mol. The van der Waals surface area contributed by atoms with Crippen LogP contribution in [0.2, 0.25) is 0 Å². The number of ether oxygens (including phenoxy) is 1. The van der Waals surface area contributed by atoms with Crippen LogP contribution in [0.4, 0.5) is 0 Å². The van der Waals surface area contributed by atoms with Crippen LogP contribution >= 0.6 is 0 Å². The van der Waals surface area contributed by atoms with Gasteiger partial charge < -0.3 is 14.9 Å². The quantitative estimate of drug-likeness (QED) is 0.673. The minimum atomic E-state index is -1.61. The molecule has 0 unspecified atom stereocenters. The molecule has 138 valence electrons. The zero-order chi connectivity index (χ0) is 18.3. The molecule has 0 amide bonds. The molecule has 0 spiro atoms. The van der Waals surface area contributed by atoms with Gasteiger partial charge in [0.05, 0.1) is 18.6 Å². The first-order valence-corrected chi connectivity index (χ1v) is 9.29. The molecule has 1 aromatic rings. The highest BCUT2D eigenvalue weighted by molar-refractivity contribution is 5.93. The van der Waals surface area contributed by atoms with Gasteiger partial charge >= 0.3 is 0 Å². The fourth-order valence-electron chi connectivity index (χ4n) is 4.48. The summed E-state index contributed by atoms with van der Waals surface area (Å²) in [4.78, 5) is 13.1. The van der Waals surface area contributed by atoms with E-state index in [0.717, 1.165) is 31.2 Å². The molecular formula is C21H30O4. The molecule has 2 aliphatic carbocycles. The van der Waals surface area contributed by atoms with Crippen LogP contribution in [-0.4, -0.2) is 28.9 Å². The van der Waals surface area contributed by atoms with E-state index in [-0.39, 0.29) is 22.5 Å². The van der Waals surface area contributed by atoms with Crippen LogP contribution in [0.1, 0.15) is 52.0 Å². The Bertz CT molecular complexity index is 612. The number of Topliss-reactive ketones (excluding diaryl/α,β-unsaturated/α-hetero) is 1. The van der Waals surface area contributed by atoms with Crippen molar-refractivity contribution in [1.29, 1.82) is 0 Å². The normalized spacial score (nSPS) is 21.8.